The minimum absolute atomic E-state index is 0.201. The van der Waals surface area contributed by atoms with Gasteiger partial charge in [0.1, 0.15) is 12.3 Å². The third kappa shape index (κ3) is 5.15. The average molecular weight is 405 g/mol. The second kappa shape index (κ2) is 8.98. The van der Waals surface area contributed by atoms with E-state index >= 15 is 0 Å². The Balaban J connectivity index is 2.09. The van der Waals surface area contributed by atoms with Crippen molar-refractivity contribution in [1.82, 2.24) is 0 Å². The summed E-state index contributed by atoms with van der Waals surface area (Å²) in [6.07, 6.45) is 0.300. The fourth-order valence-corrected chi connectivity index (χ4v) is 2.30. The Morgan fingerprint density at radius 3 is 2.48 bits per heavy atom. The van der Waals surface area contributed by atoms with E-state index in [1.54, 1.807) is 55.5 Å². The van der Waals surface area contributed by atoms with Crippen LogP contribution in [0.4, 0.5) is 5.69 Å². The van der Waals surface area contributed by atoms with Crippen LogP contribution in [0.3, 0.4) is 0 Å². The lowest BCUT2D eigenvalue weighted by Gasteiger charge is -2.11. The minimum atomic E-state index is -0.620. The Morgan fingerprint density at radius 1 is 1.16 bits per heavy atom. The summed E-state index contributed by atoms with van der Waals surface area (Å²) in [7, 11) is 0. The molecular formula is C18H17BrN2O4. The van der Waals surface area contributed by atoms with Gasteiger partial charge in [-0.15, -0.1) is 0 Å². The zero-order valence-corrected chi connectivity index (χ0v) is 15.1. The van der Waals surface area contributed by atoms with Crippen LogP contribution in [0, 0.1) is 0 Å². The van der Waals surface area contributed by atoms with Gasteiger partial charge in [0, 0.05) is 16.5 Å². The van der Waals surface area contributed by atoms with Crippen molar-refractivity contribution in [2.75, 3.05) is 11.9 Å². The van der Waals surface area contributed by atoms with Crippen molar-refractivity contribution < 1.29 is 19.5 Å². The molecule has 2 rings (SSSR count). The van der Waals surface area contributed by atoms with E-state index < -0.39 is 5.97 Å². The number of halogens is 1. The molecule has 0 aromatic heterocycles. The molecule has 2 aromatic rings. The summed E-state index contributed by atoms with van der Waals surface area (Å²) >= 11 is 3.32. The lowest BCUT2D eigenvalue weighted by atomic mass is 10.1. The molecule has 25 heavy (non-hydrogen) atoms. The number of benzene rings is 2. The molecule has 6 nitrogen and oxygen atoms in total. The maximum atomic E-state index is 12.3. The fraction of sp³-hybridized carbons (Fsp3) is 0.167. The Kier molecular flexibility index (Phi) is 6.71. The Bertz CT molecular complexity index is 788. The van der Waals surface area contributed by atoms with Crippen molar-refractivity contribution in [3.8, 4) is 0 Å². The SMILES string of the molecule is CCC(=O)Nc1ccccc1C(=O)OCC(=NO)c1ccc(Br)cc1. The number of nitrogens with one attached hydrogen (secondary N) is 1. The number of nitrogens with zero attached hydrogens (tertiary/aromatic N) is 1. The molecule has 0 spiro atoms. The Hall–Kier alpha value is -2.67. The normalized spacial score (nSPS) is 11.0. The minimum Gasteiger partial charge on any atom is -0.455 e. The number of para-hydroxylation sites is 1. The van der Waals surface area contributed by atoms with Crippen molar-refractivity contribution in [1.29, 1.82) is 0 Å². The molecule has 7 heteroatoms. The number of ether oxygens (including phenoxy) is 1. The van der Waals surface area contributed by atoms with Gasteiger partial charge in [-0.25, -0.2) is 4.79 Å². The maximum absolute atomic E-state index is 12.3. The molecule has 0 saturated carbocycles. The van der Waals surface area contributed by atoms with Gasteiger partial charge in [-0.1, -0.05) is 52.3 Å². The molecule has 0 unspecified atom stereocenters. The topological polar surface area (TPSA) is 88.0 Å². The molecule has 0 heterocycles. The van der Waals surface area contributed by atoms with Gasteiger partial charge in [0.15, 0.2) is 0 Å². The molecule has 0 fully saturated rings. The highest BCUT2D eigenvalue weighted by molar-refractivity contribution is 9.10. The number of amides is 1. The lowest BCUT2D eigenvalue weighted by molar-refractivity contribution is -0.115. The molecule has 2 N–H and O–H groups in total. The number of esters is 1. The molecule has 130 valence electrons. The summed E-state index contributed by atoms with van der Waals surface area (Å²) in [4.78, 5) is 23.9. The van der Waals surface area contributed by atoms with Crippen LogP contribution < -0.4 is 5.32 Å². The largest absolute Gasteiger partial charge is 0.455 e. The van der Waals surface area contributed by atoms with Crippen LogP contribution in [-0.2, 0) is 9.53 Å². The molecule has 0 atom stereocenters. The molecule has 0 aliphatic rings. The molecule has 0 aliphatic carbocycles. The second-order valence-electron chi connectivity index (χ2n) is 5.08. The van der Waals surface area contributed by atoms with Crippen LogP contribution in [0.1, 0.15) is 29.3 Å². The first kappa shape index (κ1) is 18.7. The molecular weight excluding hydrogens is 388 g/mol. The molecule has 2 aromatic carbocycles. The highest BCUT2D eigenvalue weighted by Gasteiger charge is 2.15. The van der Waals surface area contributed by atoms with Gasteiger partial charge in [-0.3, -0.25) is 4.79 Å². The summed E-state index contributed by atoms with van der Waals surface area (Å²) in [5.41, 5.74) is 1.46. The molecule has 0 radical (unpaired) electrons. The third-order valence-corrected chi connectivity index (χ3v) is 3.91. The summed E-state index contributed by atoms with van der Waals surface area (Å²) < 4.78 is 6.11. The third-order valence-electron chi connectivity index (χ3n) is 3.38. The first-order valence-electron chi connectivity index (χ1n) is 7.58. The van der Waals surface area contributed by atoms with Crippen LogP contribution in [-0.4, -0.2) is 29.4 Å². The van der Waals surface area contributed by atoms with E-state index in [1.807, 2.05) is 0 Å². The molecule has 0 bridgehead atoms. The van der Waals surface area contributed by atoms with Gasteiger partial charge in [-0.05, 0) is 24.3 Å². The lowest BCUT2D eigenvalue weighted by Crippen LogP contribution is -2.18. The van der Waals surface area contributed by atoms with Gasteiger partial charge in [0.05, 0.1) is 11.3 Å². The van der Waals surface area contributed by atoms with E-state index in [0.717, 1.165) is 4.47 Å². The van der Waals surface area contributed by atoms with Crippen LogP contribution in [0.2, 0.25) is 0 Å². The van der Waals surface area contributed by atoms with Gasteiger partial charge in [-0.2, -0.15) is 0 Å². The van der Waals surface area contributed by atoms with E-state index in [9.17, 15) is 9.59 Å². The summed E-state index contributed by atoms with van der Waals surface area (Å²) in [6.45, 7) is 1.52. The highest BCUT2D eigenvalue weighted by Crippen LogP contribution is 2.17. The molecule has 1 amide bonds. The first-order chi connectivity index (χ1) is 12.0. The Morgan fingerprint density at radius 2 is 1.84 bits per heavy atom. The summed E-state index contributed by atoms with van der Waals surface area (Å²) in [5, 5.41) is 15.0. The van der Waals surface area contributed by atoms with E-state index in [1.165, 1.54) is 0 Å². The number of hydrogen-bond donors (Lipinski definition) is 2. The zero-order chi connectivity index (χ0) is 18.2. The van der Waals surface area contributed by atoms with Crippen LogP contribution in [0.15, 0.2) is 58.2 Å². The van der Waals surface area contributed by atoms with Crippen LogP contribution in [0.5, 0.6) is 0 Å². The number of anilines is 1. The quantitative estimate of drug-likeness (QED) is 0.331. The van der Waals surface area contributed by atoms with Gasteiger partial charge < -0.3 is 15.3 Å². The number of carbonyl (C=O) groups is 2. The first-order valence-corrected chi connectivity index (χ1v) is 8.37. The zero-order valence-electron chi connectivity index (χ0n) is 13.5. The van der Waals surface area contributed by atoms with Crippen molar-refractivity contribution in [2.45, 2.75) is 13.3 Å². The smallest absolute Gasteiger partial charge is 0.340 e. The van der Waals surface area contributed by atoms with Crippen molar-refractivity contribution in [3.05, 3.63) is 64.1 Å². The highest BCUT2D eigenvalue weighted by atomic mass is 79.9. The summed E-state index contributed by atoms with van der Waals surface area (Å²) in [5.74, 6) is -0.821. The van der Waals surface area contributed by atoms with E-state index in [4.69, 9.17) is 9.94 Å². The van der Waals surface area contributed by atoms with Crippen LogP contribution >= 0.6 is 15.9 Å². The molecule has 0 aliphatic heterocycles. The van der Waals surface area contributed by atoms with Crippen LogP contribution in [0.25, 0.3) is 0 Å². The monoisotopic (exact) mass is 404 g/mol. The van der Waals surface area contributed by atoms with Gasteiger partial charge >= 0.3 is 5.97 Å². The van der Waals surface area contributed by atoms with E-state index in [-0.39, 0.29) is 23.8 Å². The van der Waals surface area contributed by atoms with Gasteiger partial charge in [0.25, 0.3) is 0 Å². The predicted octanol–water partition coefficient (Wildman–Crippen LogP) is 3.83. The van der Waals surface area contributed by atoms with E-state index in [0.29, 0.717) is 17.7 Å². The standard InChI is InChI=1S/C18H17BrN2O4/c1-2-17(22)20-15-6-4-3-5-14(15)18(23)25-11-16(21-24)12-7-9-13(19)10-8-12/h3-10,24H,2,11H2,1H3,(H,20,22). The number of oxime groups is 1. The number of carbonyl (C=O) groups excluding carboxylic acids is 2. The fourth-order valence-electron chi connectivity index (χ4n) is 2.03. The molecule has 0 saturated heterocycles. The average Bonchev–Trinajstić information content (AvgIpc) is 2.63. The Labute approximate surface area is 153 Å². The van der Waals surface area contributed by atoms with Crippen molar-refractivity contribution >= 4 is 39.2 Å². The van der Waals surface area contributed by atoms with Crippen molar-refractivity contribution in [2.24, 2.45) is 5.16 Å². The van der Waals surface area contributed by atoms with E-state index in [2.05, 4.69) is 26.4 Å². The number of hydrogen-bond acceptors (Lipinski definition) is 5. The van der Waals surface area contributed by atoms with Gasteiger partial charge in [0.2, 0.25) is 5.91 Å². The second-order valence-corrected chi connectivity index (χ2v) is 5.99. The maximum Gasteiger partial charge on any atom is 0.340 e. The van der Waals surface area contributed by atoms with Crippen molar-refractivity contribution in [3.63, 3.8) is 0 Å². The number of rotatable bonds is 6. The summed E-state index contributed by atoms with van der Waals surface area (Å²) in [6, 6.07) is 13.6. The predicted molar refractivity (Wildman–Crippen MR) is 98.1 cm³/mol.